The van der Waals surface area contributed by atoms with E-state index in [0.29, 0.717) is 19.1 Å². The topological polar surface area (TPSA) is 32.8 Å². The third kappa shape index (κ3) is 5.12. The summed E-state index contributed by atoms with van der Waals surface area (Å²) in [4.78, 5) is 16.1. The first-order chi connectivity index (χ1) is 11.3. The first-order valence-corrected chi connectivity index (χ1v) is 8.01. The SMILES string of the molecule is CN(C)[C@H]1CCCN(C(=O)COc2cccc(C(F)(F)F)c2)CC1. The number of alkyl halides is 3. The minimum Gasteiger partial charge on any atom is -0.484 e. The molecule has 134 valence electrons. The number of ether oxygens (including phenoxy) is 1. The maximum Gasteiger partial charge on any atom is 0.416 e. The molecule has 1 amide bonds. The van der Waals surface area contributed by atoms with Crippen LogP contribution >= 0.6 is 0 Å². The number of rotatable bonds is 4. The van der Waals surface area contributed by atoms with E-state index in [-0.39, 0.29) is 18.3 Å². The molecule has 1 heterocycles. The van der Waals surface area contributed by atoms with E-state index < -0.39 is 11.7 Å². The number of nitrogens with zero attached hydrogens (tertiary/aromatic N) is 2. The van der Waals surface area contributed by atoms with Crippen LogP contribution in [0.5, 0.6) is 5.75 Å². The van der Waals surface area contributed by atoms with Gasteiger partial charge in [0.05, 0.1) is 5.56 Å². The lowest BCUT2D eigenvalue weighted by Crippen LogP contribution is -2.36. The van der Waals surface area contributed by atoms with Gasteiger partial charge in [-0.05, 0) is 51.6 Å². The van der Waals surface area contributed by atoms with Crippen molar-refractivity contribution in [2.24, 2.45) is 0 Å². The van der Waals surface area contributed by atoms with Gasteiger partial charge in [0.2, 0.25) is 0 Å². The number of carbonyl (C=O) groups excluding carboxylic acids is 1. The molecule has 0 spiro atoms. The second-order valence-corrected chi connectivity index (χ2v) is 6.24. The Kier molecular flexibility index (Phi) is 6.10. The van der Waals surface area contributed by atoms with Crippen LogP contribution < -0.4 is 4.74 Å². The molecule has 0 aromatic heterocycles. The average Bonchev–Trinajstić information content (AvgIpc) is 2.78. The van der Waals surface area contributed by atoms with Crippen LogP contribution in [0.2, 0.25) is 0 Å². The molecule has 1 fully saturated rings. The molecule has 1 aromatic carbocycles. The van der Waals surface area contributed by atoms with Crippen molar-refractivity contribution in [3.63, 3.8) is 0 Å². The first-order valence-electron chi connectivity index (χ1n) is 8.01. The number of hydrogen-bond acceptors (Lipinski definition) is 3. The van der Waals surface area contributed by atoms with Crippen molar-refractivity contribution in [3.8, 4) is 5.75 Å². The fraction of sp³-hybridized carbons (Fsp3) is 0.588. The smallest absolute Gasteiger partial charge is 0.416 e. The molecule has 0 saturated carbocycles. The first kappa shape index (κ1) is 18.6. The Labute approximate surface area is 140 Å². The van der Waals surface area contributed by atoms with Crippen molar-refractivity contribution in [1.82, 2.24) is 9.80 Å². The Bertz CT molecular complexity index is 561. The monoisotopic (exact) mass is 344 g/mol. The molecule has 2 rings (SSSR count). The molecule has 0 unspecified atom stereocenters. The van der Waals surface area contributed by atoms with Crippen LogP contribution in [0.1, 0.15) is 24.8 Å². The van der Waals surface area contributed by atoms with Crippen LogP contribution in [-0.2, 0) is 11.0 Å². The lowest BCUT2D eigenvalue weighted by molar-refractivity contribution is -0.137. The fourth-order valence-corrected chi connectivity index (χ4v) is 2.84. The summed E-state index contributed by atoms with van der Waals surface area (Å²) in [6.45, 7) is 1.07. The molecule has 1 aliphatic heterocycles. The van der Waals surface area contributed by atoms with E-state index in [1.54, 1.807) is 4.90 Å². The predicted octanol–water partition coefficient (Wildman–Crippen LogP) is 3.03. The summed E-state index contributed by atoms with van der Waals surface area (Å²) in [5.41, 5.74) is -0.781. The molecule has 0 aliphatic carbocycles. The Morgan fingerprint density at radius 3 is 2.71 bits per heavy atom. The molecule has 0 N–H and O–H groups in total. The molecular weight excluding hydrogens is 321 g/mol. The Balaban J connectivity index is 1.89. The number of carbonyl (C=O) groups is 1. The quantitative estimate of drug-likeness (QED) is 0.842. The second kappa shape index (κ2) is 7.88. The number of likely N-dealkylation sites (tertiary alicyclic amines) is 1. The summed E-state index contributed by atoms with van der Waals surface area (Å²) in [6, 6.07) is 5.04. The highest BCUT2D eigenvalue weighted by atomic mass is 19.4. The third-order valence-electron chi connectivity index (χ3n) is 4.30. The van der Waals surface area contributed by atoms with Gasteiger partial charge in [0.25, 0.3) is 5.91 Å². The zero-order valence-electron chi connectivity index (χ0n) is 14.0. The average molecular weight is 344 g/mol. The zero-order valence-corrected chi connectivity index (χ0v) is 14.0. The maximum atomic E-state index is 12.7. The van der Waals surface area contributed by atoms with E-state index in [0.717, 1.165) is 31.4 Å². The van der Waals surface area contributed by atoms with E-state index in [9.17, 15) is 18.0 Å². The van der Waals surface area contributed by atoms with Crippen molar-refractivity contribution >= 4 is 5.91 Å². The van der Waals surface area contributed by atoms with Gasteiger partial charge in [-0.25, -0.2) is 0 Å². The highest BCUT2D eigenvalue weighted by molar-refractivity contribution is 5.77. The molecule has 1 saturated heterocycles. The largest absolute Gasteiger partial charge is 0.484 e. The lowest BCUT2D eigenvalue weighted by Gasteiger charge is -2.23. The normalized spacial score (nSPS) is 19.2. The molecule has 7 heteroatoms. The van der Waals surface area contributed by atoms with Gasteiger partial charge >= 0.3 is 6.18 Å². The highest BCUT2D eigenvalue weighted by Gasteiger charge is 2.30. The van der Waals surface area contributed by atoms with Gasteiger partial charge in [-0.2, -0.15) is 13.2 Å². The van der Waals surface area contributed by atoms with Crippen LogP contribution in [0, 0.1) is 0 Å². The summed E-state index contributed by atoms with van der Waals surface area (Å²) >= 11 is 0. The van der Waals surface area contributed by atoms with Crippen molar-refractivity contribution in [2.75, 3.05) is 33.8 Å². The molecule has 24 heavy (non-hydrogen) atoms. The van der Waals surface area contributed by atoms with Gasteiger partial charge in [0.15, 0.2) is 6.61 Å². The zero-order chi connectivity index (χ0) is 17.7. The van der Waals surface area contributed by atoms with E-state index >= 15 is 0 Å². The molecule has 0 radical (unpaired) electrons. The van der Waals surface area contributed by atoms with Gasteiger partial charge in [0, 0.05) is 19.1 Å². The Morgan fingerprint density at radius 2 is 2.04 bits per heavy atom. The van der Waals surface area contributed by atoms with Gasteiger partial charge < -0.3 is 14.5 Å². The van der Waals surface area contributed by atoms with Crippen molar-refractivity contribution in [2.45, 2.75) is 31.5 Å². The van der Waals surface area contributed by atoms with Crippen molar-refractivity contribution in [3.05, 3.63) is 29.8 Å². The second-order valence-electron chi connectivity index (χ2n) is 6.24. The number of amides is 1. The number of halogens is 3. The van der Waals surface area contributed by atoms with Crippen molar-refractivity contribution in [1.29, 1.82) is 0 Å². The van der Waals surface area contributed by atoms with Crippen LogP contribution in [0.3, 0.4) is 0 Å². The van der Waals surface area contributed by atoms with Gasteiger partial charge in [0.1, 0.15) is 5.75 Å². The van der Waals surface area contributed by atoms with Gasteiger partial charge in [-0.1, -0.05) is 6.07 Å². The van der Waals surface area contributed by atoms with Crippen LogP contribution in [0.4, 0.5) is 13.2 Å². The summed E-state index contributed by atoms with van der Waals surface area (Å²) in [5, 5.41) is 0. The maximum absolute atomic E-state index is 12.7. The van der Waals surface area contributed by atoms with E-state index in [1.165, 1.54) is 12.1 Å². The standard InChI is InChI=1S/C17H23F3N2O2/c1-21(2)14-6-4-9-22(10-8-14)16(23)12-24-15-7-3-5-13(11-15)17(18,19)20/h3,5,7,11,14H,4,6,8-10,12H2,1-2H3/t14-/m0/s1. The predicted molar refractivity (Wildman–Crippen MR) is 84.8 cm³/mol. The molecular formula is C17H23F3N2O2. The summed E-state index contributed by atoms with van der Waals surface area (Å²) in [6.07, 6.45) is -1.58. The molecule has 1 aromatic rings. The molecule has 0 bridgehead atoms. The highest BCUT2D eigenvalue weighted by Crippen LogP contribution is 2.31. The lowest BCUT2D eigenvalue weighted by atomic mass is 10.1. The molecule has 4 nitrogen and oxygen atoms in total. The van der Waals surface area contributed by atoms with Crippen molar-refractivity contribution < 1.29 is 22.7 Å². The van der Waals surface area contributed by atoms with Crippen LogP contribution in [0.15, 0.2) is 24.3 Å². The van der Waals surface area contributed by atoms with Gasteiger partial charge in [-0.15, -0.1) is 0 Å². The summed E-state index contributed by atoms with van der Waals surface area (Å²) in [7, 11) is 4.05. The minimum atomic E-state index is -4.42. The van der Waals surface area contributed by atoms with Crippen LogP contribution in [-0.4, -0.2) is 55.5 Å². The molecule has 1 atom stereocenters. The summed E-state index contributed by atoms with van der Waals surface area (Å²) < 4.78 is 43.3. The Hall–Kier alpha value is -1.76. The van der Waals surface area contributed by atoms with Crippen LogP contribution in [0.25, 0.3) is 0 Å². The van der Waals surface area contributed by atoms with E-state index in [1.807, 2.05) is 14.1 Å². The fourth-order valence-electron chi connectivity index (χ4n) is 2.84. The minimum absolute atomic E-state index is 0.0548. The molecule has 1 aliphatic rings. The van der Waals surface area contributed by atoms with E-state index in [4.69, 9.17) is 4.74 Å². The Morgan fingerprint density at radius 1 is 1.29 bits per heavy atom. The summed E-state index contributed by atoms with van der Waals surface area (Å²) in [5.74, 6) is -0.133. The number of benzene rings is 1. The van der Waals surface area contributed by atoms with Gasteiger partial charge in [-0.3, -0.25) is 4.79 Å². The van der Waals surface area contributed by atoms with E-state index in [2.05, 4.69) is 4.90 Å². The number of hydrogen-bond donors (Lipinski definition) is 0. The third-order valence-corrected chi connectivity index (χ3v) is 4.30.